The molecule has 2 aromatic heterocycles. The molecular formula is C21H33N3S3. The van der Waals surface area contributed by atoms with Crippen LogP contribution in [0.4, 0.5) is 5.13 Å². The fourth-order valence-corrected chi connectivity index (χ4v) is 3.48. The second kappa shape index (κ2) is 14.4. The van der Waals surface area contributed by atoms with Gasteiger partial charge in [-0.2, -0.15) is 0 Å². The van der Waals surface area contributed by atoms with Gasteiger partial charge < -0.3 is 9.88 Å². The number of hydrogen-bond acceptors (Lipinski definition) is 4. The van der Waals surface area contributed by atoms with Gasteiger partial charge in [-0.1, -0.05) is 70.8 Å². The fourth-order valence-electron chi connectivity index (χ4n) is 2.27. The Bertz CT molecular complexity index is 812. The minimum atomic E-state index is 0. The fraction of sp³-hybridized carbons (Fsp3) is 0.333. The number of rotatable bonds is 3. The number of para-hydroxylation sites is 1. The number of nitrogens with zero attached hydrogens (tertiary/aromatic N) is 2. The lowest BCUT2D eigenvalue weighted by Gasteiger charge is -2.02. The highest BCUT2D eigenvalue weighted by Gasteiger charge is 2.09. The van der Waals surface area contributed by atoms with Gasteiger partial charge in [0.25, 0.3) is 0 Å². The number of thiol groups is 1. The molecule has 2 heterocycles. The van der Waals surface area contributed by atoms with E-state index in [1.165, 1.54) is 10.9 Å². The highest BCUT2D eigenvalue weighted by Crippen LogP contribution is 2.29. The topological polar surface area (TPSA) is 29.9 Å². The molecule has 0 unspecified atom stereocenters. The molecule has 1 N–H and O–H groups in total. The van der Waals surface area contributed by atoms with E-state index in [1.807, 2.05) is 52.1 Å². The molecule has 1 aromatic carbocycles. The summed E-state index contributed by atoms with van der Waals surface area (Å²) in [6.45, 7) is 16.7. The van der Waals surface area contributed by atoms with E-state index in [2.05, 4.69) is 59.2 Å². The van der Waals surface area contributed by atoms with Crippen LogP contribution in [0, 0.1) is 0 Å². The Labute approximate surface area is 180 Å². The lowest BCUT2D eigenvalue weighted by Crippen LogP contribution is -2.01. The molecule has 0 aliphatic rings. The van der Waals surface area contributed by atoms with Crippen LogP contribution < -0.4 is 5.32 Å². The molecule has 0 amide bonds. The van der Waals surface area contributed by atoms with Crippen LogP contribution >= 0.6 is 36.2 Å². The first-order valence-electron chi connectivity index (χ1n) is 9.18. The minimum absolute atomic E-state index is 0. The third-order valence-corrected chi connectivity index (χ3v) is 4.49. The summed E-state index contributed by atoms with van der Waals surface area (Å²) in [5.74, 6) is 0. The second-order valence-corrected chi connectivity index (χ2v) is 6.65. The Morgan fingerprint density at radius 2 is 1.96 bits per heavy atom. The molecular weight excluding hydrogens is 390 g/mol. The first kappa shape index (κ1) is 25.4. The van der Waals surface area contributed by atoms with Crippen molar-refractivity contribution in [3.8, 4) is 0 Å². The van der Waals surface area contributed by atoms with E-state index < -0.39 is 0 Å². The first-order valence-corrected chi connectivity index (χ1v) is 10.9. The highest BCUT2D eigenvalue weighted by molar-refractivity contribution is 7.80. The maximum atomic E-state index is 4.80. The van der Waals surface area contributed by atoms with Crippen molar-refractivity contribution >= 4 is 63.3 Å². The molecule has 0 aliphatic heterocycles. The van der Waals surface area contributed by atoms with Crippen LogP contribution in [-0.4, -0.2) is 14.5 Å². The number of aromatic nitrogens is 2. The Balaban J connectivity index is 0. The van der Waals surface area contributed by atoms with E-state index in [1.54, 1.807) is 17.5 Å². The van der Waals surface area contributed by atoms with Crippen LogP contribution in [0.15, 0.2) is 47.4 Å². The number of hydrogen-bond donors (Lipinski definition) is 2. The van der Waals surface area contributed by atoms with Crippen molar-refractivity contribution in [2.45, 2.75) is 53.1 Å². The highest BCUT2D eigenvalue weighted by atomic mass is 32.1. The monoisotopic (exact) mass is 423 g/mol. The van der Waals surface area contributed by atoms with Crippen molar-refractivity contribution < 1.29 is 1.43 Å². The average Bonchev–Trinajstić information content (AvgIpc) is 3.29. The van der Waals surface area contributed by atoms with E-state index >= 15 is 0 Å². The zero-order valence-corrected chi connectivity index (χ0v) is 19.6. The smallest absolute Gasteiger partial charge is 0.187 e. The third-order valence-electron chi connectivity index (χ3n) is 3.22. The number of anilines is 1. The molecule has 0 bridgehead atoms. The molecule has 0 radical (unpaired) electrons. The van der Waals surface area contributed by atoms with Gasteiger partial charge in [-0.25, -0.2) is 4.98 Å². The number of nitrogens with one attached hydrogen (secondary N) is 1. The molecule has 150 valence electrons. The molecule has 27 heavy (non-hydrogen) atoms. The van der Waals surface area contributed by atoms with Gasteiger partial charge in [-0.15, -0.1) is 24.0 Å². The summed E-state index contributed by atoms with van der Waals surface area (Å²) in [5, 5.41) is 7.92. The van der Waals surface area contributed by atoms with Crippen LogP contribution in [0.3, 0.4) is 0 Å². The summed E-state index contributed by atoms with van der Waals surface area (Å²) < 4.78 is 2.19. The van der Waals surface area contributed by atoms with Gasteiger partial charge in [0, 0.05) is 36.0 Å². The summed E-state index contributed by atoms with van der Waals surface area (Å²) in [6.07, 6.45) is 3.61. The van der Waals surface area contributed by atoms with Crippen LogP contribution in [0.1, 0.15) is 48.5 Å². The van der Waals surface area contributed by atoms with Crippen molar-refractivity contribution in [3.63, 3.8) is 0 Å². The summed E-state index contributed by atoms with van der Waals surface area (Å²) in [4.78, 5) is 4.73. The summed E-state index contributed by atoms with van der Waals surface area (Å²) in [6, 6.07) is 8.32. The molecule has 3 nitrogen and oxygen atoms in total. The lowest BCUT2D eigenvalue weighted by atomic mass is 10.2. The molecule has 0 saturated heterocycles. The van der Waals surface area contributed by atoms with Gasteiger partial charge in [0.15, 0.2) is 5.13 Å². The van der Waals surface area contributed by atoms with E-state index in [-0.39, 0.29) is 1.43 Å². The van der Waals surface area contributed by atoms with Gasteiger partial charge in [-0.3, -0.25) is 0 Å². The first-order chi connectivity index (χ1) is 13.1. The molecule has 0 aliphatic carbocycles. The Morgan fingerprint density at radius 3 is 2.44 bits per heavy atom. The molecule has 0 atom stereocenters. The van der Waals surface area contributed by atoms with Gasteiger partial charge in [0.1, 0.15) is 0 Å². The van der Waals surface area contributed by atoms with Gasteiger partial charge >= 0.3 is 0 Å². The van der Waals surface area contributed by atoms with Gasteiger partial charge in [0.2, 0.25) is 0 Å². The van der Waals surface area contributed by atoms with E-state index in [4.69, 9.17) is 12.2 Å². The lowest BCUT2D eigenvalue weighted by molar-refractivity contribution is 0.730. The summed E-state index contributed by atoms with van der Waals surface area (Å²) in [7, 11) is 0. The maximum Gasteiger partial charge on any atom is 0.187 e. The molecule has 6 heteroatoms. The van der Waals surface area contributed by atoms with Crippen molar-refractivity contribution in [1.82, 2.24) is 9.55 Å². The third kappa shape index (κ3) is 7.48. The normalized spacial score (nSPS) is 9.00. The maximum absolute atomic E-state index is 4.80. The van der Waals surface area contributed by atoms with Crippen LogP contribution in [0.25, 0.3) is 17.0 Å². The summed E-state index contributed by atoms with van der Waals surface area (Å²) in [5.41, 5.74) is 2.36. The molecule has 0 saturated carbocycles. The van der Waals surface area contributed by atoms with Crippen LogP contribution in [0.2, 0.25) is 0 Å². The Kier molecular flexibility index (Phi) is 13.6. The van der Waals surface area contributed by atoms with Crippen molar-refractivity contribution in [2.24, 2.45) is 0 Å². The molecule has 3 rings (SSSR count). The van der Waals surface area contributed by atoms with E-state index in [0.29, 0.717) is 0 Å². The van der Waals surface area contributed by atoms with Gasteiger partial charge in [0.05, 0.1) is 10.0 Å². The van der Waals surface area contributed by atoms with E-state index in [0.717, 1.165) is 27.3 Å². The quantitative estimate of drug-likeness (QED) is 0.333. The molecule has 3 aromatic rings. The van der Waals surface area contributed by atoms with Crippen LogP contribution in [0.5, 0.6) is 0 Å². The largest absolute Gasteiger partial charge is 0.336 e. The Morgan fingerprint density at radius 1 is 1.33 bits per heavy atom. The minimum Gasteiger partial charge on any atom is -0.336 e. The summed E-state index contributed by atoms with van der Waals surface area (Å²) >= 11 is 10.9. The van der Waals surface area contributed by atoms with Crippen molar-refractivity contribution in [3.05, 3.63) is 48.0 Å². The van der Waals surface area contributed by atoms with Crippen LogP contribution in [-0.2, 0) is 6.54 Å². The molecule has 0 fully saturated rings. The predicted octanol–water partition coefficient (Wildman–Crippen LogP) is 7.79. The van der Waals surface area contributed by atoms with Crippen molar-refractivity contribution in [1.29, 1.82) is 0 Å². The predicted molar refractivity (Wildman–Crippen MR) is 134 cm³/mol. The zero-order chi connectivity index (χ0) is 20.8. The number of benzene rings is 1. The molecule has 0 spiro atoms. The SMILES string of the molecule is C=Cc1c(S)n(CC)c2ccccc12.CC.CC.CC(=S)Nc1nccs1.[HH]. The number of thiocarbonyl (C=S) groups is 1. The van der Waals surface area contributed by atoms with E-state index in [9.17, 15) is 0 Å². The number of aryl methyl sites for hydroxylation is 1. The standard InChI is InChI=1S/C12H13NS.C5H6N2S2.2C2H6.H2/c1-3-9-10-7-5-6-8-11(10)13(4-2)12(9)14;1-4(8)7-5-6-2-3-9-5;2*1-2;/h3,5-8,14H,1,4H2,2H3;2-3H,1H3,(H,6,7,8);2*1-2H3;1H. The average molecular weight is 424 g/mol. The number of thiazole rings is 1. The zero-order valence-electron chi connectivity index (χ0n) is 17.1. The second-order valence-electron chi connectivity index (χ2n) is 4.72. The number of fused-ring (bicyclic) bond motifs is 1. The van der Waals surface area contributed by atoms with Crippen molar-refractivity contribution in [2.75, 3.05) is 5.32 Å². The Hall–Kier alpha value is -1.63. The van der Waals surface area contributed by atoms with Gasteiger partial charge in [-0.05, 0) is 19.9 Å².